The van der Waals surface area contributed by atoms with Crippen molar-refractivity contribution in [1.29, 1.82) is 0 Å². The third-order valence-electron chi connectivity index (χ3n) is 3.41. The molecule has 0 saturated carbocycles. The molecular weight excluding hydrogens is 165 g/mol. The van der Waals surface area contributed by atoms with E-state index < -0.39 is 0 Å². The van der Waals surface area contributed by atoms with Gasteiger partial charge in [0.25, 0.3) is 0 Å². The van der Waals surface area contributed by atoms with Gasteiger partial charge in [0.2, 0.25) is 0 Å². The minimum Gasteiger partial charge on any atom is -0.377 e. The molecule has 4 heteroatoms. The van der Waals surface area contributed by atoms with Gasteiger partial charge in [0, 0.05) is 19.7 Å². The number of likely N-dealkylation sites (tertiary alicyclic amines) is 1. The van der Waals surface area contributed by atoms with Gasteiger partial charge in [-0.3, -0.25) is 4.90 Å². The summed E-state index contributed by atoms with van der Waals surface area (Å²) in [5, 5.41) is 0. The third-order valence-corrected chi connectivity index (χ3v) is 3.41. The summed E-state index contributed by atoms with van der Waals surface area (Å²) in [6, 6.07) is 0.0357. The quantitative estimate of drug-likeness (QED) is 0.559. The average molecular weight is 181 g/mol. The summed E-state index contributed by atoms with van der Waals surface area (Å²) < 4.78 is 11.3. The van der Waals surface area contributed by atoms with Gasteiger partial charge >= 0.3 is 0 Å². The number of methoxy groups -OCH3 is 1. The summed E-state index contributed by atoms with van der Waals surface area (Å²) in [5.41, 5.74) is -0.159. The highest BCUT2D eigenvalue weighted by Gasteiger charge is 2.60. The van der Waals surface area contributed by atoms with Crippen LogP contribution in [0.25, 0.3) is 0 Å². The van der Waals surface area contributed by atoms with E-state index in [2.05, 4.69) is 18.9 Å². The van der Waals surface area contributed by atoms with Crippen LogP contribution in [-0.2, 0) is 9.47 Å². The van der Waals surface area contributed by atoms with Gasteiger partial charge in [-0.25, -0.2) is 0 Å². The van der Waals surface area contributed by atoms with Crippen LogP contribution < -0.4 is 0 Å². The van der Waals surface area contributed by atoms with Crippen molar-refractivity contribution >= 4 is 7.85 Å². The van der Waals surface area contributed by atoms with Crippen LogP contribution in [0.5, 0.6) is 0 Å². The zero-order chi connectivity index (χ0) is 9.64. The summed E-state index contributed by atoms with van der Waals surface area (Å²) in [5.74, 6) is 0. The van der Waals surface area contributed by atoms with Crippen LogP contribution >= 0.6 is 0 Å². The summed E-state index contributed by atoms with van der Waals surface area (Å²) in [6.07, 6.45) is 1.09. The van der Waals surface area contributed by atoms with Crippen molar-refractivity contribution in [2.45, 2.75) is 37.1 Å². The van der Waals surface area contributed by atoms with Crippen LogP contribution in [0.2, 0.25) is 0 Å². The van der Waals surface area contributed by atoms with Crippen LogP contribution in [0.3, 0.4) is 0 Å². The Hall–Kier alpha value is -0.0551. The van der Waals surface area contributed by atoms with Gasteiger partial charge in [0.1, 0.15) is 19.6 Å². The molecule has 72 valence electrons. The SMILES string of the molecule is [B][C@@H]1O[C@@]2(CC)CN(C)C1[C@H]2OC. The molecule has 2 radical (unpaired) electrons. The summed E-state index contributed by atoms with van der Waals surface area (Å²) in [7, 11) is 9.71. The highest BCUT2D eigenvalue weighted by molar-refractivity contribution is 6.12. The maximum atomic E-state index is 5.89. The molecule has 0 spiro atoms. The monoisotopic (exact) mass is 181 g/mol. The van der Waals surface area contributed by atoms with Crippen molar-refractivity contribution in [1.82, 2.24) is 4.90 Å². The van der Waals surface area contributed by atoms with Gasteiger partial charge in [-0.15, -0.1) is 0 Å². The second-order valence-corrected chi connectivity index (χ2v) is 4.06. The Labute approximate surface area is 80.8 Å². The van der Waals surface area contributed by atoms with E-state index in [1.54, 1.807) is 7.11 Å². The lowest BCUT2D eigenvalue weighted by Crippen LogP contribution is -2.45. The molecule has 0 N–H and O–H groups in total. The first-order chi connectivity index (χ1) is 6.14. The molecule has 2 fully saturated rings. The Balaban J connectivity index is 2.28. The van der Waals surface area contributed by atoms with Crippen molar-refractivity contribution in [2.75, 3.05) is 20.7 Å². The molecule has 4 atom stereocenters. The van der Waals surface area contributed by atoms with Crippen LogP contribution in [0.4, 0.5) is 0 Å². The molecule has 2 saturated heterocycles. The van der Waals surface area contributed by atoms with Crippen molar-refractivity contribution < 1.29 is 9.47 Å². The number of morpholine rings is 1. The lowest BCUT2D eigenvalue weighted by Gasteiger charge is -2.33. The molecule has 2 heterocycles. The Kier molecular flexibility index (Phi) is 2.17. The smallest absolute Gasteiger partial charge is 0.111 e. The van der Waals surface area contributed by atoms with Gasteiger partial charge in [-0.05, 0) is 13.5 Å². The predicted octanol–water partition coefficient (Wildman–Crippen LogP) is -0.0110. The molecule has 0 amide bonds. The van der Waals surface area contributed by atoms with E-state index in [1.807, 2.05) is 0 Å². The lowest BCUT2D eigenvalue weighted by molar-refractivity contribution is -0.0854. The van der Waals surface area contributed by atoms with Gasteiger partial charge in [0.05, 0.1) is 6.04 Å². The molecule has 3 nitrogen and oxygen atoms in total. The van der Waals surface area contributed by atoms with Crippen molar-refractivity contribution in [3.63, 3.8) is 0 Å². The first-order valence-corrected chi connectivity index (χ1v) is 4.81. The van der Waals surface area contributed by atoms with Gasteiger partial charge in [0.15, 0.2) is 0 Å². The number of hydrogen-bond donors (Lipinski definition) is 0. The molecule has 0 aromatic heterocycles. The second-order valence-electron chi connectivity index (χ2n) is 4.06. The molecule has 2 rings (SSSR count). The normalized spacial score (nSPS) is 50.2. The fraction of sp³-hybridized carbons (Fsp3) is 1.00. The molecule has 2 aliphatic heterocycles. The van der Waals surface area contributed by atoms with Crippen molar-refractivity contribution in [3.8, 4) is 0 Å². The Bertz CT molecular complexity index is 200. The van der Waals surface area contributed by atoms with Crippen molar-refractivity contribution in [3.05, 3.63) is 0 Å². The summed E-state index contributed by atoms with van der Waals surface area (Å²) in [4.78, 5) is 2.24. The number of rotatable bonds is 2. The maximum Gasteiger partial charge on any atom is 0.111 e. The number of likely N-dealkylation sites (N-methyl/N-ethyl adjacent to an activating group) is 1. The van der Waals surface area contributed by atoms with Crippen LogP contribution in [0.1, 0.15) is 13.3 Å². The van der Waals surface area contributed by atoms with E-state index in [4.69, 9.17) is 17.3 Å². The average Bonchev–Trinajstić information content (AvgIpc) is 2.52. The van der Waals surface area contributed by atoms with E-state index in [0.29, 0.717) is 0 Å². The largest absolute Gasteiger partial charge is 0.377 e. The molecule has 0 aromatic carbocycles. The Morgan fingerprint density at radius 1 is 1.69 bits per heavy atom. The predicted molar refractivity (Wildman–Crippen MR) is 50.9 cm³/mol. The molecular formula is C9H16BNO2. The summed E-state index contributed by atoms with van der Waals surface area (Å²) >= 11 is 0. The third kappa shape index (κ3) is 1.09. The highest BCUT2D eigenvalue weighted by atomic mass is 16.6. The Morgan fingerprint density at radius 3 is 2.77 bits per heavy atom. The highest BCUT2D eigenvalue weighted by Crippen LogP contribution is 2.43. The minimum atomic E-state index is -0.191. The minimum absolute atomic E-state index is 0.137. The first-order valence-electron chi connectivity index (χ1n) is 4.81. The Morgan fingerprint density at radius 2 is 2.38 bits per heavy atom. The number of ether oxygens (including phenoxy) is 2. The number of hydrogen-bond acceptors (Lipinski definition) is 3. The molecule has 2 aliphatic rings. The molecule has 0 aromatic rings. The number of fused-ring (bicyclic) bond motifs is 2. The van der Waals surface area contributed by atoms with Crippen molar-refractivity contribution in [2.24, 2.45) is 0 Å². The molecule has 13 heavy (non-hydrogen) atoms. The maximum absolute atomic E-state index is 5.89. The second kappa shape index (κ2) is 2.97. The first kappa shape index (κ1) is 9.50. The topological polar surface area (TPSA) is 21.7 Å². The van der Waals surface area contributed by atoms with Gasteiger partial charge in [-0.2, -0.15) is 0 Å². The van der Waals surface area contributed by atoms with Crippen LogP contribution in [0.15, 0.2) is 0 Å². The molecule has 2 bridgehead atoms. The van der Waals surface area contributed by atoms with Gasteiger partial charge in [-0.1, -0.05) is 6.92 Å². The fourth-order valence-electron chi connectivity index (χ4n) is 2.78. The van der Waals surface area contributed by atoms with E-state index in [0.717, 1.165) is 13.0 Å². The zero-order valence-electron chi connectivity index (χ0n) is 8.49. The van der Waals surface area contributed by atoms with E-state index in [1.165, 1.54) is 0 Å². The zero-order valence-corrected chi connectivity index (χ0v) is 8.49. The van der Waals surface area contributed by atoms with E-state index >= 15 is 0 Å². The molecule has 1 unspecified atom stereocenters. The van der Waals surface area contributed by atoms with Crippen LogP contribution in [0, 0.1) is 0 Å². The summed E-state index contributed by atoms with van der Waals surface area (Å²) in [6.45, 7) is 3.06. The van der Waals surface area contributed by atoms with E-state index in [-0.39, 0.29) is 23.8 Å². The van der Waals surface area contributed by atoms with E-state index in [9.17, 15) is 0 Å². The lowest BCUT2D eigenvalue weighted by atomic mass is 9.90. The van der Waals surface area contributed by atoms with Gasteiger partial charge < -0.3 is 9.47 Å². The fourth-order valence-corrected chi connectivity index (χ4v) is 2.78. The number of nitrogens with zero attached hydrogens (tertiary/aromatic N) is 1. The standard InChI is InChI=1S/C9H16BNO2/c1-4-9-5-11(2)6(7(9)12-3)8(10)13-9/h6-8H,4-5H2,1-3H3/t6?,7-,8-,9+/m1/s1. The molecule has 0 aliphatic carbocycles. The van der Waals surface area contributed by atoms with Crippen LogP contribution in [-0.4, -0.2) is 57.2 Å².